The van der Waals surface area contributed by atoms with E-state index >= 15 is 0 Å². The van der Waals surface area contributed by atoms with E-state index in [0.29, 0.717) is 12.3 Å². The minimum atomic E-state index is 0.0678. The first-order chi connectivity index (χ1) is 10.8. The Kier molecular flexibility index (Phi) is 4.85. The molecule has 0 aliphatic carbocycles. The van der Waals surface area contributed by atoms with Gasteiger partial charge in [0, 0.05) is 12.7 Å². The lowest BCUT2D eigenvalue weighted by molar-refractivity contribution is -0.120. The zero-order valence-corrected chi connectivity index (χ0v) is 12.7. The lowest BCUT2D eigenvalue weighted by Crippen LogP contribution is -2.38. The van der Waals surface area contributed by atoms with Crippen molar-refractivity contribution in [2.24, 2.45) is 5.92 Å². The Morgan fingerprint density at radius 3 is 3.00 bits per heavy atom. The van der Waals surface area contributed by atoms with Gasteiger partial charge in [-0.05, 0) is 49.5 Å². The van der Waals surface area contributed by atoms with Gasteiger partial charge in [-0.1, -0.05) is 18.2 Å². The Morgan fingerprint density at radius 2 is 2.23 bits per heavy atom. The molecule has 1 aromatic heterocycles. The van der Waals surface area contributed by atoms with Gasteiger partial charge in [0.15, 0.2) is 0 Å². The second-order valence-corrected chi connectivity index (χ2v) is 5.82. The molecule has 0 spiro atoms. The number of hydrogen-bond acceptors (Lipinski definition) is 3. The van der Waals surface area contributed by atoms with E-state index in [1.807, 2.05) is 36.5 Å². The summed E-state index contributed by atoms with van der Waals surface area (Å²) in [7, 11) is 0. The number of nitrogens with one attached hydrogen (secondary N) is 2. The maximum Gasteiger partial charge on any atom is 0.224 e. The van der Waals surface area contributed by atoms with Crippen molar-refractivity contribution in [1.29, 1.82) is 0 Å². The summed E-state index contributed by atoms with van der Waals surface area (Å²) >= 11 is 0. The minimum Gasteiger partial charge on any atom is -0.355 e. The summed E-state index contributed by atoms with van der Waals surface area (Å²) in [6.45, 7) is 2.87. The van der Waals surface area contributed by atoms with Gasteiger partial charge in [0.05, 0.1) is 18.3 Å². The van der Waals surface area contributed by atoms with E-state index in [2.05, 4.69) is 15.7 Å². The smallest absolute Gasteiger partial charge is 0.224 e. The predicted molar refractivity (Wildman–Crippen MR) is 85.9 cm³/mol. The molecule has 3 rings (SSSR count). The average molecular weight is 298 g/mol. The van der Waals surface area contributed by atoms with Crippen LogP contribution in [0.15, 0.2) is 42.7 Å². The highest BCUT2D eigenvalue weighted by molar-refractivity contribution is 5.78. The van der Waals surface area contributed by atoms with Gasteiger partial charge in [-0.3, -0.25) is 4.79 Å². The van der Waals surface area contributed by atoms with Crippen molar-refractivity contribution in [1.82, 2.24) is 20.4 Å². The molecule has 2 N–H and O–H groups in total. The van der Waals surface area contributed by atoms with Crippen molar-refractivity contribution in [3.8, 4) is 5.69 Å². The number of carbonyl (C=O) groups is 1. The van der Waals surface area contributed by atoms with Crippen LogP contribution in [0.5, 0.6) is 0 Å². The fourth-order valence-corrected chi connectivity index (χ4v) is 2.78. The molecule has 1 aliphatic heterocycles. The maximum absolute atomic E-state index is 12.0. The molecule has 116 valence electrons. The summed E-state index contributed by atoms with van der Waals surface area (Å²) in [5.74, 6) is 0.628. The molecule has 0 saturated carbocycles. The normalized spacial score (nSPS) is 18.1. The van der Waals surface area contributed by atoms with Crippen molar-refractivity contribution >= 4 is 5.91 Å². The van der Waals surface area contributed by atoms with Crippen LogP contribution in [0.1, 0.15) is 18.4 Å². The third-order valence-corrected chi connectivity index (χ3v) is 4.01. The largest absolute Gasteiger partial charge is 0.355 e. The van der Waals surface area contributed by atoms with Gasteiger partial charge in [0.2, 0.25) is 5.91 Å². The van der Waals surface area contributed by atoms with E-state index in [0.717, 1.165) is 30.9 Å². The molecule has 1 unspecified atom stereocenters. The van der Waals surface area contributed by atoms with E-state index in [1.165, 1.54) is 12.8 Å². The van der Waals surface area contributed by atoms with Crippen molar-refractivity contribution in [2.45, 2.75) is 19.3 Å². The highest BCUT2D eigenvalue weighted by atomic mass is 16.1. The Morgan fingerprint density at radius 1 is 1.36 bits per heavy atom. The highest BCUT2D eigenvalue weighted by Gasteiger charge is 2.14. The molecule has 2 aromatic rings. The molecule has 22 heavy (non-hydrogen) atoms. The molecule has 5 heteroatoms. The number of nitrogens with zero attached hydrogens (tertiary/aromatic N) is 2. The van der Waals surface area contributed by atoms with Crippen LogP contribution in [-0.2, 0) is 11.2 Å². The molecule has 1 aliphatic rings. The Balaban J connectivity index is 1.50. The van der Waals surface area contributed by atoms with Crippen LogP contribution >= 0.6 is 0 Å². The summed E-state index contributed by atoms with van der Waals surface area (Å²) < 4.78 is 1.80. The molecule has 2 heterocycles. The fourth-order valence-electron chi connectivity index (χ4n) is 2.78. The molecule has 1 amide bonds. The number of para-hydroxylation sites is 1. The molecule has 1 atom stereocenters. The van der Waals surface area contributed by atoms with Gasteiger partial charge in [-0.25, -0.2) is 4.68 Å². The van der Waals surface area contributed by atoms with Crippen molar-refractivity contribution in [3.05, 3.63) is 48.3 Å². The summed E-state index contributed by atoms with van der Waals surface area (Å²) in [5, 5.41) is 10.7. The number of amides is 1. The van der Waals surface area contributed by atoms with Crippen LogP contribution < -0.4 is 10.6 Å². The first kappa shape index (κ1) is 14.8. The lowest BCUT2D eigenvalue weighted by Gasteiger charge is -2.22. The molecule has 5 nitrogen and oxygen atoms in total. The van der Waals surface area contributed by atoms with E-state index in [1.54, 1.807) is 10.9 Å². The van der Waals surface area contributed by atoms with Crippen LogP contribution in [0.4, 0.5) is 0 Å². The molecule has 1 fully saturated rings. The number of piperidine rings is 1. The van der Waals surface area contributed by atoms with E-state index in [-0.39, 0.29) is 5.91 Å². The Labute approximate surface area is 130 Å². The Bertz CT molecular complexity index is 602. The SMILES string of the molecule is O=C(Cc1cnn(-c2ccccc2)c1)NCC1CCCNC1. The van der Waals surface area contributed by atoms with Crippen LogP contribution in [0.3, 0.4) is 0 Å². The topological polar surface area (TPSA) is 59.0 Å². The second kappa shape index (κ2) is 7.22. The molecule has 0 radical (unpaired) electrons. The third-order valence-electron chi connectivity index (χ3n) is 4.01. The third kappa shape index (κ3) is 3.95. The van der Waals surface area contributed by atoms with Gasteiger partial charge >= 0.3 is 0 Å². The van der Waals surface area contributed by atoms with Gasteiger partial charge in [-0.15, -0.1) is 0 Å². The molecular formula is C17H22N4O. The maximum atomic E-state index is 12.0. The Hall–Kier alpha value is -2.14. The quantitative estimate of drug-likeness (QED) is 0.880. The van der Waals surface area contributed by atoms with Crippen molar-refractivity contribution in [3.63, 3.8) is 0 Å². The predicted octanol–water partition coefficient (Wildman–Crippen LogP) is 1.53. The minimum absolute atomic E-state index is 0.0678. The number of benzene rings is 1. The lowest BCUT2D eigenvalue weighted by atomic mass is 10.00. The standard InChI is InChI=1S/C17H22N4O/c22-17(19-11-14-5-4-8-18-10-14)9-15-12-20-21(13-15)16-6-2-1-3-7-16/h1-3,6-7,12-14,18H,4-5,8-11H2,(H,19,22). The van der Waals surface area contributed by atoms with Crippen LogP contribution in [-0.4, -0.2) is 35.3 Å². The molecule has 0 bridgehead atoms. The summed E-state index contributed by atoms with van der Waals surface area (Å²) in [6, 6.07) is 9.91. The number of rotatable bonds is 5. The number of carbonyl (C=O) groups excluding carboxylic acids is 1. The monoisotopic (exact) mass is 298 g/mol. The molecule has 1 aromatic carbocycles. The van der Waals surface area contributed by atoms with Crippen LogP contribution in [0, 0.1) is 5.92 Å². The number of hydrogen-bond donors (Lipinski definition) is 2. The van der Waals surface area contributed by atoms with E-state index in [9.17, 15) is 4.79 Å². The van der Waals surface area contributed by atoms with Crippen LogP contribution in [0.2, 0.25) is 0 Å². The first-order valence-corrected chi connectivity index (χ1v) is 7.87. The zero-order valence-electron chi connectivity index (χ0n) is 12.7. The average Bonchev–Trinajstić information content (AvgIpc) is 3.03. The van der Waals surface area contributed by atoms with Crippen molar-refractivity contribution in [2.75, 3.05) is 19.6 Å². The van der Waals surface area contributed by atoms with Crippen LogP contribution in [0.25, 0.3) is 5.69 Å². The summed E-state index contributed by atoms with van der Waals surface area (Å²) in [4.78, 5) is 12.0. The van der Waals surface area contributed by atoms with Gasteiger partial charge in [0.1, 0.15) is 0 Å². The van der Waals surface area contributed by atoms with E-state index < -0.39 is 0 Å². The second-order valence-electron chi connectivity index (χ2n) is 5.82. The molecular weight excluding hydrogens is 276 g/mol. The van der Waals surface area contributed by atoms with Gasteiger partial charge < -0.3 is 10.6 Å². The highest BCUT2D eigenvalue weighted by Crippen LogP contribution is 2.10. The molecule has 1 saturated heterocycles. The van der Waals surface area contributed by atoms with Gasteiger partial charge in [0.25, 0.3) is 0 Å². The summed E-state index contributed by atoms with van der Waals surface area (Å²) in [6.07, 6.45) is 6.45. The van der Waals surface area contributed by atoms with Gasteiger partial charge in [-0.2, -0.15) is 5.10 Å². The fraction of sp³-hybridized carbons (Fsp3) is 0.412. The summed E-state index contributed by atoms with van der Waals surface area (Å²) in [5.41, 5.74) is 1.94. The first-order valence-electron chi connectivity index (χ1n) is 7.87. The van der Waals surface area contributed by atoms with Crippen molar-refractivity contribution < 1.29 is 4.79 Å². The van der Waals surface area contributed by atoms with E-state index in [4.69, 9.17) is 0 Å². The zero-order chi connectivity index (χ0) is 15.2. The number of aromatic nitrogens is 2.